The largest absolute Gasteiger partial charge is 0.519 e. The summed E-state index contributed by atoms with van der Waals surface area (Å²) in [6.45, 7) is 19.3. The van der Waals surface area contributed by atoms with Gasteiger partial charge < -0.3 is 24.7 Å². The maximum Gasteiger partial charge on any atom is 0.519 e. The summed E-state index contributed by atoms with van der Waals surface area (Å²) in [5.41, 5.74) is 6.75. The van der Waals surface area contributed by atoms with Crippen molar-refractivity contribution in [3.63, 3.8) is 0 Å². The highest BCUT2D eigenvalue weighted by Gasteiger charge is 2.24. The molecular weight excluding hydrogens is 492 g/mol. The number of anilines is 2. The SMILES string of the molecule is CC(C)(C)OC(=O)OC(=O)OC(C)(C)C.Cc1ccc(N)cn1.Cc1ccc(NC(=O)OC(C)(C)C)cn1. The Morgan fingerprint density at radius 2 is 1.11 bits per heavy atom. The number of rotatable bonds is 1. The standard InChI is InChI=1S/C11H16N2O2.C10H18O5.C6H8N2/c1-8-5-6-9(7-12-8)13-10(14)15-11(2,3)4;1-9(2,3)14-7(11)13-8(12)15-10(4,5)6;1-5-2-3-6(7)4-8-5/h5-7H,1-4H3,(H,13,14);1-6H3;2-4H,7H2,1H3. The van der Waals surface area contributed by atoms with E-state index in [-0.39, 0.29) is 0 Å². The lowest BCUT2D eigenvalue weighted by Crippen LogP contribution is -2.29. The first-order chi connectivity index (χ1) is 17.1. The number of carbonyl (C=O) groups excluding carboxylic acids is 3. The first kappa shape index (κ1) is 34.1. The van der Waals surface area contributed by atoms with Crippen LogP contribution in [0, 0.1) is 13.8 Å². The van der Waals surface area contributed by atoms with Gasteiger partial charge in [0.1, 0.15) is 16.8 Å². The van der Waals surface area contributed by atoms with Crippen LogP contribution in [0.4, 0.5) is 25.8 Å². The zero-order valence-corrected chi connectivity index (χ0v) is 24.3. The summed E-state index contributed by atoms with van der Waals surface area (Å²) < 4.78 is 18.9. The smallest absolute Gasteiger partial charge is 0.444 e. The fourth-order valence-electron chi connectivity index (χ4n) is 2.05. The van der Waals surface area contributed by atoms with E-state index in [4.69, 9.17) is 19.9 Å². The Hall–Kier alpha value is -3.89. The number of aromatic nitrogens is 2. The van der Waals surface area contributed by atoms with Gasteiger partial charge in [0, 0.05) is 11.4 Å². The van der Waals surface area contributed by atoms with Crippen LogP contribution >= 0.6 is 0 Å². The topological polar surface area (TPSA) is 152 Å². The quantitative estimate of drug-likeness (QED) is 0.233. The van der Waals surface area contributed by atoms with Gasteiger partial charge in [-0.25, -0.2) is 14.4 Å². The Kier molecular flexibility index (Phi) is 13.2. The second-order valence-electron chi connectivity index (χ2n) is 11.1. The van der Waals surface area contributed by atoms with Crippen LogP contribution < -0.4 is 11.1 Å². The number of ether oxygens (including phenoxy) is 4. The van der Waals surface area contributed by atoms with Gasteiger partial charge in [-0.15, -0.1) is 0 Å². The van der Waals surface area contributed by atoms with Crippen LogP contribution in [0.25, 0.3) is 0 Å². The highest BCUT2D eigenvalue weighted by molar-refractivity contribution is 5.84. The summed E-state index contributed by atoms with van der Waals surface area (Å²) >= 11 is 0. The molecule has 2 aromatic rings. The first-order valence-corrected chi connectivity index (χ1v) is 11.9. The van der Waals surface area contributed by atoms with E-state index < -0.39 is 35.2 Å². The predicted octanol–water partition coefficient (Wildman–Crippen LogP) is 6.58. The highest BCUT2D eigenvalue weighted by atomic mass is 16.8. The third-order valence-electron chi connectivity index (χ3n) is 3.44. The molecule has 0 unspecified atom stereocenters. The normalized spacial score (nSPS) is 10.9. The van der Waals surface area contributed by atoms with E-state index in [1.807, 2.05) is 52.8 Å². The van der Waals surface area contributed by atoms with E-state index in [9.17, 15) is 14.4 Å². The predicted molar refractivity (Wildman–Crippen MR) is 146 cm³/mol. The molecule has 0 aromatic carbocycles. The Labute approximate surface area is 225 Å². The van der Waals surface area contributed by atoms with Gasteiger partial charge in [-0.2, -0.15) is 0 Å². The monoisotopic (exact) mass is 534 g/mol. The number of nitrogens with zero attached hydrogens (tertiary/aromatic N) is 2. The molecular formula is C27H42N4O7. The summed E-state index contributed by atoms with van der Waals surface area (Å²) in [5, 5.41) is 2.60. The molecule has 1 amide bonds. The molecule has 2 aromatic heterocycles. The molecule has 11 heteroatoms. The van der Waals surface area contributed by atoms with E-state index in [1.54, 1.807) is 60.0 Å². The average molecular weight is 535 g/mol. The lowest BCUT2D eigenvalue weighted by Gasteiger charge is -2.20. The minimum atomic E-state index is -1.06. The van der Waals surface area contributed by atoms with Gasteiger partial charge in [0.25, 0.3) is 0 Å². The average Bonchev–Trinajstić information content (AvgIpc) is 2.68. The number of carbonyl (C=O) groups is 3. The molecule has 0 saturated heterocycles. The molecule has 3 N–H and O–H groups in total. The van der Waals surface area contributed by atoms with Crippen molar-refractivity contribution in [3.8, 4) is 0 Å². The highest BCUT2D eigenvalue weighted by Crippen LogP contribution is 2.12. The number of pyridine rings is 2. The number of hydrogen-bond donors (Lipinski definition) is 2. The number of amides is 1. The van der Waals surface area contributed by atoms with Gasteiger partial charge in [0.2, 0.25) is 0 Å². The fraction of sp³-hybridized carbons (Fsp3) is 0.519. The minimum Gasteiger partial charge on any atom is -0.444 e. The van der Waals surface area contributed by atoms with Crippen molar-refractivity contribution in [2.24, 2.45) is 0 Å². The molecule has 0 aliphatic heterocycles. The summed E-state index contributed by atoms with van der Waals surface area (Å²) in [6, 6.07) is 7.33. The van der Waals surface area contributed by atoms with Crippen molar-refractivity contribution >= 4 is 29.8 Å². The third-order valence-corrected chi connectivity index (χ3v) is 3.44. The summed E-state index contributed by atoms with van der Waals surface area (Å²) in [5.74, 6) is 0. The molecule has 0 fully saturated rings. The fourth-order valence-corrected chi connectivity index (χ4v) is 2.05. The second-order valence-corrected chi connectivity index (χ2v) is 11.1. The molecule has 0 aliphatic rings. The van der Waals surface area contributed by atoms with E-state index >= 15 is 0 Å². The van der Waals surface area contributed by atoms with E-state index in [0.717, 1.165) is 17.1 Å². The number of nitrogens with one attached hydrogen (secondary N) is 1. The zero-order valence-electron chi connectivity index (χ0n) is 24.3. The number of nitrogens with two attached hydrogens (primary N) is 1. The maximum absolute atomic E-state index is 11.4. The van der Waals surface area contributed by atoms with Gasteiger partial charge >= 0.3 is 18.4 Å². The van der Waals surface area contributed by atoms with Gasteiger partial charge in [-0.05, 0) is 100 Å². The Bertz CT molecular complexity index is 971. The Morgan fingerprint density at radius 3 is 1.42 bits per heavy atom. The lowest BCUT2D eigenvalue weighted by molar-refractivity contribution is -0.0294. The molecule has 38 heavy (non-hydrogen) atoms. The Balaban J connectivity index is 0.000000565. The third kappa shape index (κ3) is 20.3. The van der Waals surface area contributed by atoms with E-state index in [2.05, 4.69) is 20.0 Å². The van der Waals surface area contributed by atoms with Crippen LogP contribution in [0.1, 0.15) is 73.7 Å². The molecule has 0 bridgehead atoms. The van der Waals surface area contributed by atoms with Crippen LogP contribution in [0.15, 0.2) is 36.7 Å². The summed E-state index contributed by atoms with van der Waals surface area (Å²) in [7, 11) is 0. The summed E-state index contributed by atoms with van der Waals surface area (Å²) in [6.07, 6.45) is 0.663. The second kappa shape index (κ2) is 14.7. The van der Waals surface area contributed by atoms with Crippen molar-refractivity contribution < 1.29 is 33.3 Å². The van der Waals surface area contributed by atoms with E-state index in [1.165, 1.54) is 0 Å². The molecule has 0 saturated carbocycles. The van der Waals surface area contributed by atoms with Crippen molar-refractivity contribution in [2.75, 3.05) is 11.1 Å². The van der Waals surface area contributed by atoms with Crippen LogP contribution in [-0.4, -0.2) is 45.2 Å². The molecule has 0 spiro atoms. The molecule has 212 valence electrons. The summed E-state index contributed by atoms with van der Waals surface area (Å²) in [4.78, 5) is 41.4. The number of hydrogen-bond acceptors (Lipinski definition) is 10. The first-order valence-electron chi connectivity index (χ1n) is 11.9. The lowest BCUT2D eigenvalue weighted by atomic mass is 10.2. The molecule has 2 heterocycles. The van der Waals surface area contributed by atoms with Crippen LogP contribution in [0.5, 0.6) is 0 Å². The number of aryl methyl sites for hydroxylation is 2. The van der Waals surface area contributed by atoms with Crippen molar-refractivity contribution in [1.29, 1.82) is 0 Å². The minimum absolute atomic E-state index is 0.465. The maximum atomic E-state index is 11.4. The van der Waals surface area contributed by atoms with Gasteiger partial charge in [0.15, 0.2) is 0 Å². The van der Waals surface area contributed by atoms with Crippen LogP contribution in [-0.2, 0) is 18.9 Å². The zero-order chi connectivity index (χ0) is 29.7. The van der Waals surface area contributed by atoms with Crippen molar-refractivity contribution in [2.45, 2.75) is 93.0 Å². The van der Waals surface area contributed by atoms with Crippen molar-refractivity contribution in [1.82, 2.24) is 9.97 Å². The van der Waals surface area contributed by atoms with Crippen molar-refractivity contribution in [3.05, 3.63) is 48.0 Å². The molecule has 2 rings (SSSR count). The van der Waals surface area contributed by atoms with Gasteiger partial charge in [0.05, 0.1) is 23.8 Å². The Morgan fingerprint density at radius 1 is 0.684 bits per heavy atom. The van der Waals surface area contributed by atoms with Crippen LogP contribution in [0.3, 0.4) is 0 Å². The van der Waals surface area contributed by atoms with Gasteiger partial charge in [-0.3, -0.25) is 15.3 Å². The molecule has 11 nitrogen and oxygen atoms in total. The molecule has 0 aliphatic carbocycles. The van der Waals surface area contributed by atoms with Crippen LogP contribution in [0.2, 0.25) is 0 Å². The van der Waals surface area contributed by atoms with Gasteiger partial charge in [-0.1, -0.05) is 0 Å². The van der Waals surface area contributed by atoms with E-state index in [0.29, 0.717) is 5.69 Å². The molecule has 0 radical (unpaired) electrons. The molecule has 0 atom stereocenters. The number of nitrogen functional groups attached to an aromatic ring is 1.